The molecule has 3 N–H and O–H groups in total. The number of unbranched alkanes of at least 4 members (excludes halogenated alkanes) is 15. The van der Waals surface area contributed by atoms with Gasteiger partial charge < -0.3 is 49.2 Å². The molecule has 0 aromatic carbocycles. The minimum Gasteiger partial charge on any atom is -0.460 e. The van der Waals surface area contributed by atoms with E-state index in [4.69, 9.17) is 28.4 Å². The van der Waals surface area contributed by atoms with E-state index in [-0.39, 0.29) is 109 Å². The molecule has 1 saturated heterocycles. The average Bonchev–Trinajstić information content (AvgIpc) is 3.57. The predicted molar refractivity (Wildman–Crippen MR) is 252 cm³/mol. The highest BCUT2D eigenvalue weighted by Crippen LogP contribution is 2.17. The molecule has 0 spiro atoms. The number of amides is 5. The van der Waals surface area contributed by atoms with Crippen molar-refractivity contribution in [2.45, 2.75) is 200 Å². The number of hydrogen-bond acceptors (Lipinski definition) is 15. The summed E-state index contributed by atoms with van der Waals surface area (Å²) in [6, 6.07) is -0.943. The van der Waals surface area contributed by atoms with Gasteiger partial charge in [-0.3, -0.25) is 28.8 Å². The van der Waals surface area contributed by atoms with Gasteiger partial charge in [0.2, 0.25) is 17.7 Å². The summed E-state index contributed by atoms with van der Waals surface area (Å²) in [7, 11) is 0. The third-order valence-corrected chi connectivity index (χ3v) is 10.2. The van der Waals surface area contributed by atoms with Crippen LogP contribution in [0.3, 0.4) is 0 Å². The molecule has 392 valence electrons. The molecule has 1 aliphatic rings. The smallest absolute Gasteiger partial charge is 0.358 e. The van der Waals surface area contributed by atoms with Crippen molar-refractivity contribution < 1.29 is 71.6 Å². The zero-order chi connectivity index (χ0) is 50.5. The number of carbonyl (C=O) groups is 8. The molecule has 0 aliphatic carbocycles. The van der Waals surface area contributed by atoms with Gasteiger partial charge in [-0.2, -0.15) is 0 Å². The van der Waals surface area contributed by atoms with Crippen molar-refractivity contribution in [2.75, 3.05) is 65.9 Å². The Balaban J connectivity index is 2.04. The SMILES string of the molecule is CC(C)(C)OC(=O)CCCCCCCCCCCCCCCCCCC(=O)N[C@@H](CCC(=O)NCCOCCOCC(=O)NCCOCCOCC(=O)ON1C(=O)CCC1=O)C(=O)OC(C)(C)C. The van der Waals surface area contributed by atoms with Crippen molar-refractivity contribution in [3.63, 3.8) is 0 Å². The Morgan fingerprint density at radius 2 is 0.912 bits per heavy atom. The molecule has 0 radical (unpaired) electrons. The van der Waals surface area contributed by atoms with Crippen molar-refractivity contribution in [1.82, 2.24) is 21.0 Å². The van der Waals surface area contributed by atoms with Crippen molar-refractivity contribution >= 4 is 47.4 Å². The molecule has 0 aromatic heterocycles. The molecule has 1 rings (SSSR count). The maximum absolute atomic E-state index is 12.9. The monoisotopic (exact) mass is 971 g/mol. The molecular formula is C49H86N4O15. The fourth-order valence-electron chi connectivity index (χ4n) is 6.80. The number of nitrogens with one attached hydrogen (secondary N) is 3. The van der Waals surface area contributed by atoms with E-state index in [0.29, 0.717) is 17.9 Å². The van der Waals surface area contributed by atoms with E-state index in [1.807, 2.05) is 20.8 Å². The lowest BCUT2D eigenvalue weighted by molar-refractivity contribution is -0.200. The van der Waals surface area contributed by atoms with Crippen molar-refractivity contribution in [3.8, 4) is 0 Å². The lowest BCUT2D eigenvalue weighted by Gasteiger charge is -2.24. The maximum Gasteiger partial charge on any atom is 0.358 e. The van der Waals surface area contributed by atoms with E-state index in [2.05, 4.69) is 20.8 Å². The van der Waals surface area contributed by atoms with Gasteiger partial charge in [0.1, 0.15) is 30.5 Å². The Morgan fingerprint density at radius 3 is 1.40 bits per heavy atom. The number of rotatable bonds is 41. The molecule has 1 aliphatic heterocycles. The van der Waals surface area contributed by atoms with Crippen LogP contribution in [0, 0.1) is 0 Å². The Hall–Kier alpha value is -4.20. The van der Waals surface area contributed by atoms with Gasteiger partial charge in [-0.15, -0.1) is 5.06 Å². The van der Waals surface area contributed by atoms with E-state index >= 15 is 0 Å². The number of esters is 2. The Labute approximate surface area is 405 Å². The lowest BCUT2D eigenvalue weighted by Crippen LogP contribution is -2.44. The molecule has 0 aromatic rings. The minimum atomic E-state index is -0.943. The normalized spacial score (nSPS) is 13.3. The van der Waals surface area contributed by atoms with E-state index in [0.717, 1.165) is 38.5 Å². The van der Waals surface area contributed by atoms with E-state index < -0.39 is 47.6 Å². The highest BCUT2D eigenvalue weighted by atomic mass is 16.7. The maximum atomic E-state index is 12.9. The second kappa shape index (κ2) is 37.7. The summed E-state index contributed by atoms with van der Waals surface area (Å²) in [5.74, 6) is -3.58. The van der Waals surface area contributed by atoms with Gasteiger partial charge in [-0.25, -0.2) is 9.59 Å². The zero-order valence-electron chi connectivity index (χ0n) is 42.3. The first-order valence-corrected chi connectivity index (χ1v) is 25.0. The van der Waals surface area contributed by atoms with E-state index in [9.17, 15) is 38.4 Å². The van der Waals surface area contributed by atoms with Crippen molar-refractivity contribution in [1.29, 1.82) is 0 Å². The molecule has 1 heterocycles. The van der Waals surface area contributed by atoms with Gasteiger partial charge in [-0.05, 0) is 60.8 Å². The molecule has 19 heteroatoms. The molecule has 0 unspecified atom stereocenters. The standard InChI is InChI=1S/C49H86N4O15/c1-48(2,3)66-45(59)24-22-20-18-16-14-12-10-8-7-9-11-13-15-17-19-21-23-41(55)52-39(47(61)67-49(4,5)6)25-26-40(54)50-29-31-62-33-35-64-37-42(56)51-30-32-63-34-36-65-38-46(60)68-53-43(57)27-28-44(53)58/h39H,7-38H2,1-6H3,(H,50,54)(H,51,56)(H,52,55)/t39-/m0/s1. The van der Waals surface area contributed by atoms with Gasteiger partial charge in [0.25, 0.3) is 11.8 Å². The van der Waals surface area contributed by atoms with Gasteiger partial charge in [0.15, 0.2) is 0 Å². The summed E-state index contributed by atoms with van der Waals surface area (Å²) in [5.41, 5.74) is -1.15. The summed E-state index contributed by atoms with van der Waals surface area (Å²) < 4.78 is 32.0. The van der Waals surface area contributed by atoms with Gasteiger partial charge in [0.05, 0.1) is 39.6 Å². The van der Waals surface area contributed by atoms with Crippen molar-refractivity contribution in [2.24, 2.45) is 0 Å². The minimum absolute atomic E-state index is 0.00461. The molecule has 1 atom stereocenters. The van der Waals surface area contributed by atoms with Crippen LogP contribution in [0.25, 0.3) is 0 Å². The summed E-state index contributed by atoms with van der Waals surface area (Å²) in [5, 5.41) is 8.60. The van der Waals surface area contributed by atoms with Crippen LogP contribution in [-0.2, 0) is 71.6 Å². The Bertz CT molecular complexity index is 1460. The number of hydrogen-bond donors (Lipinski definition) is 3. The van der Waals surface area contributed by atoms with Crippen LogP contribution < -0.4 is 16.0 Å². The second-order valence-electron chi connectivity index (χ2n) is 19.0. The lowest BCUT2D eigenvalue weighted by atomic mass is 10.0. The fraction of sp³-hybridized carbons (Fsp3) is 0.837. The third kappa shape index (κ3) is 36.8. The van der Waals surface area contributed by atoms with Gasteiger partial charge in [-0.1, -0.05) is 89.9 Å². The highest BCUT2D eigenvalue weighted by molar-refractivity contribution is 6.01. The summed E-state index contributed by atoms with van der Waals surface area (Å²) in [4.78, 5) is 101. The number of hydroxylamine groups is 2. The fourth-order valence-corrected chi connectivity index (χ4v) is 6.80. The highest BCUT2D eigenvalue weighted by Gasteiger charge is 2.33. The third-order valence-electron chi connectivity index (χ3n) is 10.2. The molecule has 0 bridgehead atoms. The average molecular weight is 971 g/mol. The topological polar surface area (TPSA) is 240 Å². The van der Waals surface area contributed by atoms with Gasteiger partial charge in [0, 0.05) is 45.2 Å². The first-order valence-electron chi connectivity index (χ1n) is 25.0. The summed E-state index contributed by atoms with van der Waals surface area (Å²) >= 11 is 0. The quantitative estimate of drug-likeness (QED) is 0.0369. The number of nitrogens with zero attached hydrogens (tertiary/aromatic N) is 1. The van der Waals surface area contributed by atoms with Crippen LogP contribution in [0.2, 0.25) is 0 Å². The van der Waals surface area contributed by atoms with Crippen LogP contribution in [0.4, 0.5) is 0 Å². The summed E-state index contributed by atoms with van der Waals surface area (Å²) in [6.45, 7) is 11.7. The van der Waals surface area contributed by atoms with Crippen LogP contribution in [-0.4, -0.2) is 136 Å². The molecule has 68 heavy (non-hydrogen) atoms. The number of ether oxygens (including phenoxy) is 6. The van der Waals surface area contributed by atoms with Crippen LogP contribution >= 0.6 is 0 Å². The number of imide groups is 1. The largest absolute Gasteiger partial charge is 0.460 e. The molecule has 19 nitrogen and oxygen atoms in total. The van der Waals surface area contributed by atoms with Gasteiger partial charge >= 0.3 is 17.9 Å². The molecular weight excluding hydrogens is 885 g/mol. The first kappa shape index (κ1) is 61.8. The van der Waals surface area contributed by atoms with Crippen LogP contribution in [0.5, 0.6) is 0 Å². The predicted octanol–water partition coefficient (Wildman–Crippen LogP) is 5.86. The van der Waals surface area contributed by atoms with E-state index in [1.54, 1.807) is 20.8 Å². The first-order chi connectivity index (χ1) is 32.4. The van der Waals surface area contributed by atoms with Crippen LogP contribution in [0.1, 0.15) is 183 Å². The summed E-state index contributed by atoms with van der Waals surface area (Å²) in [6.07, 6.45) is 19.3. The van der Waals surface area contributed by atoms with Crippen molar-refractivity contribution in [3.05, 3.63) is 0 Å². The number of carbonyl (C=O) groups excluding carboxylic acids is 8. The van der Waals surface area contributed by atoms with E-state index in [1.165, 1.54) is 64.2 Å². The second-order valence-corrected chi connectivity index (χ2v) is 19.0. The molecule has 5 amide bonds. The van der Waals surface area contributed by atoms with Crippen LogP contribution in [0.15, 0.2) is 0 Å². The Morgan fingerprint density at radius 1 is 0.485 bits per heavy atom. The zero-order valence-corrected chi connectivity index (χ0v) is 42.3. The Kier molecular flexibility index (Phi) is 34.2. The molecule has 1 fully saturated rings. The molecule has 0 saturated carbocycles.